The van der Waals surface area contributed by atoms with Crippen molar-refractivity contribution in [2.75, 3.05) is 14.2 Å². The van der Waals surface area contributed by atoms with Crippen LogP contribution in [0.5, 0.6) is 17.2 Å². The van der Waals surface area contributed by atoms with Crippen molar-refractivity contribution in [3.05, 3.63) is 65.7 Å². The van der Waals surface area contributed by atoms with Gasteiger partial charge in [-0.3, -0.25) is 4.79 Å². The molecule has 6 heteroatoms. The summed E-state index contributed by atoms with van der Waals surface area (Å²) in [6.45, 7) is 0. The van der Waals surface area contributed by atoms with Crippen LogP contribution >= 0.6 is 0 Å². The first kappa shape index (κ1) is 17.4. The fourth-order valence-corrected chi connectivity index (χ4v) is 3.81. The number of methoxy groups -OCH3 is 2. The number of rotatable bonds is 3. The molecule has 0 N–H and O–H groups in total. The summed E-state index contributed by atoms with van der Waals surface area (Å²) in [6, 6.07) is 17.3. The number of aliphatic imine (C=N–C) groups is 2. The molecule has 144 valence electrons. The van der Waals surface area contributed by atoms with Gasteiger partial charge >= 0.3 is 0 Å². The molecule has 2 heterocycles. The van der Waals surface area contributed by atoms with Crippen LogP contribution in [0.2, 0.25) is 0 Å². The number of hydrogen-bond acceptors (Lipinski definition) is 5. The van der Waals surface area contributed by atoms with Gasteiger partial charge in [0.15, 0.2) is 17.3 Å². The van der Waals surface area contributed by atoms with Crippen LogP contribution in [0.15, 0.2) is 64.6 Å². The van der Waals surface area contributed by atoms with Crippen LogP contribution in [0.3, 0.4) is 0 Å². The number of nitrogens with zero attached hydrogens (tertiary/aromatic N) is 2. The minimum atomic E-state index is -0.503. The number of fused-ring (bicyclic) bond motifs is 4. The summed E-state index contributed by atoms with van der Waals surface area (Å²) in [4.78, 5) is 21.6. The van der Waals surface area contributed by atoms with Crippen molar-refractivity contribution >= 4 is 28.4 Å². The highest BCUT2D eigenvalue weighted by atomic mass is 16.5. The molecule has 0 radical (unpaired) electrons. The number of benzene rings is 3. The molecule has 2 aliphatic heterocycles. The van der Waals surface area contributed by atoms with E-state index in [1.165, 1.54) is 0 Å². The Bertz CT molecular complexity index is 1210. The molecule has 5 rings (SSSR count). The smallest absolute Gasteiger partial charge is 0.260 e. The Kier molecular flexibility index (Phi) is 4.05. The van der Waals surface area contributed by atoms with E-state index in [4.69, 9.17) is 14.2 Å². The largest absolute Gasteiger partial charge is 0.493 e. The van der Waals surface area contributed by atoms with Crippen molar-refractivity contribution in [3.8, 4) is 17.2 Å². The van der Waals surface area contributed by atoms with E-state index >= 15 is 0 Å². The van der Waals surface area contributed by atoms with E-state index in [0.29, 0.717) is 35.2 Å². The van der Waals surface area contributed by atoms with Gasteiger partial charge in [0.05, 0.1) is 14.2 Å². The van der Waals surface area contributed by atoms with Gasteiger partial charge in [0, 0.05) is 11.1 Å². The van der Waals surface area contributed by atoms with E-state index in [2.05, 4.69) is 16.1 Å². The van der Waals surface area contributed by atoms with E-state index in [0.717, 1.165) is 22.1 Å². The molecule has 0 aliphatic carbocycles. The highest BCUT2D eigenvalue weighted by Crippen LogP contribution is 2.36. The quantitative estimate of drug-likeness (QED) is 0.687. The first-order valence-electron chi connectivity index (χ1n) is 9.30. The molecule has 0 saturated carbocycles. The maximum absolute atomic E-state index is 12.8. The van der Waals surface area contributed by atoms with E-state index < -0.39 is 5.92 Å². The van der Waals surface area contributed by atoms with Gasteiger partial charge in [-0.2, -0.15) is 9.98 Å². The Labute approximate surface area is 167 Å². The lowest BCUT2D eigenvalue weighted by Gasteiger charge is -2.27. The van der Waals surface area contributed by atoms with Crippen molar-refractivity contribution in [2.45, 2.75) is 6.42 Å². The third kappa shape index (κ3) is 2.84. The van der Waals surface area contributed by atoms with Gasteiger partial charge in [0.2, 0.25) is 5.90 Å². The standard InChI is InChI=1S/C23H18N2O4/c1-27-19-10-8-14(11-20(19)28-2)21-24-22(26)17-12-16-15-6-4-3-5-13(15)7-9-18(16)29-23(17)25-21/h3-11,17H,12H2,1-2H3. The SMILES string of the molecule is COc1ccc(C2=NC(=O)C3Cc4c(ccc5ccccc45)OC3=N2)cc1OC. The highest BCUT2D eigenvalue weighted by Gasteiger charge is 2.36. The van der Waals surface area contributed by atoms with Crippen LogP contribution in [0, 0.1) is 5.92 Å². The summed E-state index contributed by atoms with van der Waals surface area (Å²) in [5.41, 5.74) is 1.68. The normalized spacial score (nSPS) is 17.6. The molecule has 0 spiro atoms. The minimum absolute atomic E-state index is 0.252. The van der Waals surface area contributed by atoms with Crippen molar-refractivity contribution in [1.82, 2.24) is 0 Å². The molecule has 3 aromatic rings. The fourth-order valence-electron chi connectivity index (χ4n) is 3.81. The average molecular weight is 386 g/mol. The van der Waals surface area contributed by atoms with Crippen molar-refractivity contribution in [3.63, 3.8) is 0 Å². The molecule has 6 nitrogen and oxygen atoms in total. The number of ether oxygens (including phenoxy) is 3. The number of carbonyl (C=O) groups excluding carboxylic acids is 1. The first-order valence-corrected chi connectivity index (χ1v) is 9.30. The monoisotopic (exact) mass is 386 g/mol. The lowest BCUT2D eigenvalue weighted by Crippen LogP contribution is -2.37. The maximum atomic E-state index is 12.8. The van der Waals surface area contributed by atoms with Crippen LogP contribution in [0.4, 0.5) is 0 Å². The van der Waals surface area contributed by atoms with E-state index in [-0.39, 0.29) is 5.91 Å². The second-order valence-corrected chi connectivity index (χ2v) is 6.92. The Morgan fingerprint density at radius 2 is 1.79 bits per heavy atom. The zero-order valence-electron chi connectivity index (χ0n) is 16.0. The Balaban J connectivity index is 1.55. The van der Waals surface area contributed by atoms with Crippen molar-refractivity contribution in [1.29, 1.82) is 0 Å². The van der Waals surface area contributed by atoms with Crippen LogP contribution in [-0.4, -0.2) is 31.9 Å². The van der Waals surface area contributed by atoms with E-state index in [1.54, 1.807) is 32.4 Å². The molecular weight excluding hydrogens is 368 g/mol. The molecule has 1 amide bonds. The summed E-state index contributed by atoms with van der Waals surface area (Å²) < 4.78 is 16.7. The second-order valence-electron chi connectivity index (χ2n) is 6.92. The van der Waals surface area contributed by atoms with Crippen LogP contribution < -0.4 is 14.2 Å². The zero-order valence-corrected chi connectivity index (χ0v) is 16.0. The van der Waals surface area contributed by atoms with Crippen LogP contribution in [-0.2, 0) is 11.2 Å². The molecule has 29 heavy (non-hydrogen) atoms. The molecule has 2 aliphatic rings. The topological polar surface area (TPSA) is 69.5 Å². The number of amides is 1. The fraction of sp³-hybridized carbons (Fsp3) is 0.174. The molecule has 1 unspecified atom stereocenters. The summed E-state index contributed by atoms with van der Waals surface area (Å²) >= 11 is 0. The molecule has 0 aromatic heterocycles. The maximum Gasteiger partial charge on any atom is 0.260 e. The molecule has 0 fully saturated rings. The summed E-state index contributed by atoms with van der Waals surface area (Å²) in [6.07, 6.45) is 0.525. The Morgan fingerprint density at radius 3 is 2.62 bits per heavy atom. The summed E-state index contributed by atoms with van der Waals surface area (Å²) in [7, 11) is 3.13. The zero-order chi connectivity index (χ0) is 20.0. The van der Waals surface area contributed by atoms with E-state index in [9.17, 15) is 4.79 Å². The number of carbonyl (C=O) groups is 1. The lowest BCUT2D eigenvalue weighted by atomic mass is 9.90. The highest BCUT2D eigenvalue weighted by molar-refractivity contribution is 6.19. The van der Waals surface area contributed by atoms with Gasteiger partial charge < -0.3 is 14.2 Å². The molecular formula is C23H18N2O4. The summed E-state index contributed by atoms with van der Waals surface area (Å²) in [5, 5.41) is 2.21. The third-order valence-electron chi connectivity index (χ3n) is 5.29. The van der Waals surface area contributed by atoms with Gasteiger partial charge in [-0.05, 0) is 41.5 Å². The van der Waals surface area contributed by atoms with Gasteiger partial charge in [-0.15, -0.1) is 0 Å². The number of hydrogen-bond donors (Lipinski definition) is 0. The third-order valence-corrected chi connectivity index (χ3v) is 5.29. The van der Waals surface area contributed by atoms with Gasteiger partial charge in [-0.25, -0.2) is 0 Å². The Hall–Kier alpha value is -3.67. The first-order chi connectivity index (χ1) is 14.2. The van der Waals surface area contributed by atoms with Crippen LogP contribution in [0.25, 0.3) is 10.8 Å². The average Bonchev–Trinajstić information content (AvgIpc) is 2.77. The summed E-state index contributed by atoms with van der Waals surface area (Å²) in [5.74, 6) is 1.82. The Morgan fingerprint density at radius 1 is 0.966 bits per heavy atom. The molecule has 0 bridgehead atoms. The van der Waals surface area contributed by atoms with Gasteiger partial charge in [0.25, 0.3) is 5.91 Å². The van der Waals surface area contributed by atoms with Gasteiger partial charge in [0.1, 0.15) is 11.7 Å². The van der Waals surface area contributed by atoms with Crippen molar-refractivity contribution in [2.24, 2.45) is 15.9 Å². The van der Waals surface area contributed by atoms with E-state index in [1.807, 2.05) is 30.3 Å². The molecule has 3 aromatic carbocycles. The molecule has 0 saturated heterocycles. The molecule has 1 atom stereocenters. The second kappa shape index (κ2) is 6.74. The lowest BCUT2D eigenvalue weighted by molar-refractivity contribution is -0.120. The predicted octanol–water partition coefficient (Wildman–Crippen LogP) is 3.79. The minimum Gasteiger partial charge on any atom is -0.493 e. The predicted molar refractivity (Wildman–Crippen MR) is 110 cm³/mol. The van der Waals surface area contributed by atoms with Crippen molar-refractivity contribution < 1.29 is 19.0 Å². The van der Waals surface area contributed by atoms with Crippen LogP contribution in [0.1, 0.15) is 11.1 Å². The number of amidine groups is 1. The van der Waals surface area contributed by atoms with Gasteiger partial charge in [-0.1, -0.05) is 30.3 Å².